The Morgan fingerprint density at radius 1 is 1.50 bits per heavy atom. The summed E-state index contributed by atoms with van der Waals surface area (Å²) in [5.74, 6) is 0. The maximum Gasteiger partial charge on any atom is 0.0863 e. The van der Waals surface area contributed by atoms with Gasteiger partial charge in [-0.1, -0.05) is 15.9 Å². The summed E-state index contributed by atoms with van der Waals surface area (Å²) in [6.07, 6.45) is 0. The van der Waals surface area contributed by atoms with Crippen LogP contribution >= 0.6 is 15.9 Å². The van der Waals surface area contributed by atoms with Crippen molar-refractivity contribution in [1.82, 2.24) is 0 Å². The van der Waals surface area contributed by atoms with Gasteiger partial charge in [-0.2, -0.15) is 0 Å². The maximum absolute atomic E-state index is 5.75. The average molecular weight is 231 g/mol. The van der Waals surface area contributed by atoms with Gasteiger partial charge in [0.25, 0.3) is 0 Å². The second kappa shape index (κ2) is 3.78. The second-order valence-electron chi connectivity index (χ2n) is 2.38. The molecule has 0 aliphatic carbocycles. The van der Waals surface area contributed by atoms with Crippen LogP contribution in [0.2, 0.25) is 0 Å². The van der Waals surface area contributed by atoms with Crippen molar-refractivity contribution in [3.05, 3.63) is 22.7 Å². The molecule has 0 aromatic heterocycles. The molecule has 12 heavy (non-hydrogen) atoms. The Bertz CT molecular complexity index is 278. The average Bonchev–Trinajstić information content (AvgIpc) is 2.03. The van der Waals surface area contributed by atoms with Gasteiger partial charge in [-0.05, 0) is 18.2 Å². The van der Waals surface area contributed by atoms with E-state index in [1.165, 1.54) is 0 Å². The smallest absolute Gasteiger partial charge is 0.0863 e. The van der Waals surface area contributed by atoms with Crippen molar-refractivity contribution in [1.29, 1.82) is 0 Å². The number of rotatable bonds is 2. The third kappa shape index (κ3) is 1.89. The molecule has 0 fully saturated rings. The Balaban J connectivity index is 3.01. The van der Waals surface area contributed by atoms with Crippen LogP contribution in [0, 0.1) is 0 Å². The summed E-state index contributed by atoms with van der Waals surface area (Å²) >= 11 is 3.33. The van der Waals surface area contributed by atoms with E-state index in [-0.39, 0.29) is 0 Å². The second-order valence-corrected chi connectivity index (χ2v) is 3.30. The largest absolute Gasteiger partial charge is 0.397 e. The summed E-state index contributed by atoms with van der Waals surface area (Å²) in [6, 6.07) is 5.65. The van der Waals surface area contributed by atoms with Crippen LogP contribution in [0.5, 0.6) is 0 Å². The third-order valence-electron chi connectivity index (χ3n) is 1.60. The molecule has 4 heteroatoms. The lowest BCUT2D eigenvalue weighted by molar-refractivity contribution is 0.185. The number of nitrogens with zero attached hydrogens (tertiary/aromatic N) is 1. The van der Waals surface area contributed by atoms with Crippen molar-refractivity contribution in [3.8, 4) is 0 Å². The highest BCUT2D eigenvalue weighted by molar-refractivity contribution is 9.10. The number of nitrogen functional groups attached to an aromatic ring is 1. The molecule has 0 bridgehead atoms. The van der Waals surface area contributed by atoms with E-state index < -0.39 is 0 Å². The lowest BCUT2D eigenvalue weighted by Crippen LogP contribution is -2.16. The van der Waals surface area contributed by atoms with E-state index in [1.54, 1.807) is 19.2 Å². The van der Waals surface area contributed by atoms with Crippen molar-refractivity contribution in [2.24, 2.45) is 0 Å². The quantitative estimate of drug-likeness (QED) is 0.625. The highest BCUT2D eigenvalue weighted by Crippen LogP contribution is 2.25. The first kappa shape index (κ1) is 9.35. The molecule has 1 aromatic carbocycles. The fraction of sp³-hybridized carbons (Fsp3) is 0.250. The van der Waals surface area contributed by atoms with Crippen LogP contribution in [0.15, 0.2) is 22.7 Å². The summed E-state index contributed by atoms with van der Waals surface area (Å²) in [5, 5.41) is 1.61. The van der Waals surface area contributed by atoms with Gasteiger partial charge in [0.2, 0.25) is 0 Å². The van der Waals surface area contributed by atoms with E-state index in [4.69, 9.17) is 10.6 Å². The van der Waals surface area contributed by atoms with Crippen molar-refractivity contribution in [3.63, 3.8) is 0 Å². The van der Waals surface area contributed by atoms with Crippen LogP contribution in [-0.2, 0) is 4.84 Å². The molecular formula is C8H11BrN2O. The summed E-state index contributed by atoms with van der Waals surface area (Å²) in [6.45, 7) is 0. The summed E-state index contributed by atoms with van der Waals surface area (Å²) in [7, 11) is 3.40. The minimum Gasteiger partial charge on any atom is -0.397 e. The molecule has 1 rings (SSSR count). The molecule has 0 amide bonds. The molecule has 66 valence electrons. The number of halogens is 1. The van der Waals surface area contributed by atoms with Crippen LogP contribution in [0.4, 0.5) is 11.4 Å². The van der Waals surface area contributed by atoms with Gasteiger partial charge in [0.15, 0.2) is 0 Å². The Morgan fingerprint density at radius 2 is 2.17 bits per heavy atom. The lowest BCUT2D eigenvalue weighted by Gasteiger charge is -2.17. The van der Waals surface area contributed by atoms with E-state index >= 15 is 0 Å². The number of hydroxylamine groups is 1. The van der Waals surface area contributed by atoms with Gasteiger partial charge < -0.3 is 5.73 Å². The van der Waals surface area contributed by atoms with Crippen LogP contribution in [-0.4, -0.2) is 14.2 Å². The van der Waals surface area contributed by atoms with Gasteiger partial charge in [0, 0.05) is 11.5 Å². The molecule has 1 aromatic rings. The van der Waals surface area contributed by atoms with Crippen LogP contribution in [0.25, 0.3) is 0 Å². The molecule has 0 unspecified atom stereocenters. The highest BCUT2D eigenvalue weighted by Gasteiger charge is 2.03. The van der Waals surface area contributed by atoms with E-state index in [0.717, 1.165) is 10.2 Å². The van der Waals surface area contributed by atoms with Crippen molar-refractivity contribution in [2.45, 2.75) is 0 Å². The topological polar surface area (TPSA) is 38.5 Å². The first-order valence-electron chi connectivity index (χ1n) is 3.48. The minimum atomic E-state index is 0.689. The first-order valence-corrected chi connectivity index (χ1v) is 4.27. The number of hydrogen-bond donors (Lipinski definition) is 1. The number of nitrogens with two attached hydrogens (primary N) is 1. The van der Waals surface area contributed by atoms with Crippen LogP contribution < -0.4 is 10.8 Å². The Labute approximate surface area is 80.2 Å². The normalized spacial score (nSPS) is 9.92. The van der Waals surface area contributed by atoms with Gasteiger partial charge in [-0.15, -0.1) is 0 Å². The Kier molecular flexibility index (Phi) is 2.94. The van der Waals surface area contributed by atoms with Crippen molar-refractivity contribution >= 4 is 27.3 Å². The zero-order chi connectivity index (χ0) is 9.14. The lowest BCUT2D eigenvalue weighted by atomic mass is 10.3. The minimum absolute atomic E-state index is 0.689. The molecule has 0 radical (unpaired) electrons. The van der Waals surface area contributed by atoms with E-state index in [0.29, 0.717) is 5.69 Å². The van der Waals surface area contributed by atoms with Gasteiger partial charge in [-0.25, -0.2) is 0 Å². The fourth-order valence-electron chi connectivity index (χ4n) is 0.910. The standard InChI is InChI=1S/C8H11BrN2O/c1-11(12-2)8-4-3-6(9)5-7(8)10/h3-5H,10H2,1-2H3. The monoisotopic (exact) mass is 230 g/mol. The molecule has 2 N–H and O–H groups in total. The first-order chi connectivity index (χ1) is 5.65. The molecule has 0 saturated heterocycles. The predicted octanol–water partition coefficient (Wildman–Crippen LogP) is 2.03. The zero-order valence-electron chi connectivity index (χ0n) is 7.04. The van der Waals surface area contributed by atoms with Gasteiger partial charge in [-0.3, -0.25) is 9.90 Å². The van der Waals surface area contributed by atoms with Crippen molar-refractivity contribution < 1.29 is 4.84 Å². The molecule has 0 aliphatic rings. The molecule has 0 heterocycles. The Hall–Kier alpha value is -0.740. The summed E-state index contributed by atoms with van der Waals surface area (Å²) < 4.78 is 0.966. The SMILES string of the molecule is CON(C)c1ccc(Br)cc1N. The van der Waals surface area contributed by atoms with Gasteiger partial charge >= 0.3 is 0 Å². The zero-order valence-corrected chi connectivity index (χ0v) is 8.63. The fourth-order valence-corrected chi connectivity index (χ4v) is 1.29. The van der Waals surface area contributed by atoms with Crippen LogP contribution in [0.1, 0.15) is 0 Å². The van der Waals surface area contributed by atoms with Gasteiger partial charge in [0.1, 0.15) is 0 Å². The van der Waals surface area contributed by atoms with Gasteiger partial charge in [0.05, 0.1) is 18.5 Å². The van der Waals surface area contributed by atoms with E-state index in [2.05, 4.69) is 15.9 Å². The van der Waals surface area contributed by atoms with E-state index in [1.807, 2.05) is 18.2 Å². The molecule has 0 saturated carbocycles. The molecule has 0 atom stereocenters. The number of benzene rings is 1. The third-order valence-corrected chi connectivity index (χ3v) is 2.10. The summed E-state index contributed by atoms with van der Waals surface area (Å²) in [4.78, 5) is 4.99. The summed E-state index contributed by atoms with van der Waals surface area (Å²) in [5.41, 5.74) is 7.30. The molecule has 0 spiro atoms. The molecule has 3 nitrogen and oxygen atoms in total. The van der Waals surface area contributed by atoms with E-state index in [9.17, 15) is 0 Å². The number of anilines is 2. The van der Waals surface area contributed by atoms with Crippen molar-refractivity contribution in [2.75, 3.05) is 25.0 Å². The number of hydrogen-bond acceptors (Lipinski definition) is 3. The Morgan fingerprint density at radius 3 is 2.67 bits per heavy atom. The highest BCUT2D eigenvalue weighted by atomic mass is 79.9. The predicted molar refractivity (Wildman–Crippen MR) is 54.0 cm³/mol. The maximum atomic E-state index is 5.75. The molecular weight excluding hydrogens is 220 g/mol. The molecule has 0 aliphatic heterocycles. The van der Waals surface area contributed by atoms with Crippen LogP contribution in [0.3, 0.4) is 0 Å².